The molecule has 0 aromatic heterocycles. The molecule has 1 amide bonds. The zero-order valence-corrected chi connectivity index (χ0v) is 13.5. The summed E-state index contributed by atoms with van der Waals surface area (Å²) in [6, 6.07) is 0.168. The Morgan fingerprint density at radius 3 is 2.57 bits per heavy atom. The highest BCUT2D eigenvalue weighted by molar-refractivity contribution is 7.87. The lowest BCUT2D eigenvalue weighted by Gasteiger charge is -2.25. The van der Waals surface area contributed by atoms with Crippen LogP contribution in [0, 0.1) is 5.92 Å². The molecule has 21 heavy (non-hydrogen) atoms. The van der Waals surface area contributed by atoms with Crippen LogP contribution in [0.4, 0.5) is 4.79 Å². The second-order valence-electron chi connectivity index (χ2n) is 6.11. The minimum Gasteiger partial charge on any atom is -0.446 e. The van der Waals surface area contributed by atoms with Gasteiger partial charge >= 0.3 is 16.3 Å². The smallest absolute Gasteiger partial charge is 0.422 e. The normalized spacial score (nSPS) is 22.8. The van der Waals surface area contributed by atoms with Crippen LogP contribution in [0.3, 0.4) is 0 Å². The van der Waals surface area contributed by atoms with Crippen molar-refractivity contribution < 1.29 is 17.9 Å². The second-order valence-corrected chi connectivity index (χ2v) is 7.79. The highest BCUT2D eigenvalue weighted by atomic mass is 32.2. The number of amides is 1. The first kappa shape index (κ1) is 16.5. The van der Waals surface area contributed by atoms with Crippen molar-refractivity contribution in [2.24, 2.45) is 5.92 Å². The van der Waals surface area contributed by atoms with Crippen LogP contribution in [0.2, 0.25) is 0 Å². The Morgan fingerprint density at radius 2 is 2.05 bits per heavy atom. The number of hydrogen-bond donors (Lipinski definition) is 2. The summed E-state index contributed by atoms with van der Waals surface area (Å²) < 4.78 is 33.0. The van der Waals surface area contributed by atoms with Gasteiger partial charge in [0.15, 0.2) is 0 Å². The fourth-order valence-electron chi connectivity index (χ4n) is 2.43. The van der Waals surface area contributed by atoms with Crippen molar-refractivity contribution in [2.45, 2.75) is 51.7 Å². The van der Waals surface area contributed by atoms with Gasteiger partial charge in [0.25, 0.3) is 0 Å². The third-order valence-electron chi connectivity index (χ3n) is 3.64. The van der Waals surface area contributed by atoms with E-state index in [1.165, 1.54) is 4.31 Å². The van der Waals surface area contributed by atoms with E-state index in [0.29, 0.717) is 19.0 Å². The van der Waals surface area contributed by atoms with E-state index in [4.69, 9.17) is 4.74 Å². The summed E-state index contributed by atoms with van der Waals surface area (Å²) in [5, 5.41) is 3.29. The van der Waals surface area contributed by atoms with Crippen molar-refractivity contribution in [3.63, 3.8) is 0 Å². The fourth-order valence-corrected chi connectivity index (χ4v) is 3.60. The predicted octanol–water partition coefficient (Wildman–Crippen LogP) is 0.830. The minimum atomic E-state index is -3.84. The highest BCUT2D eigenvalue weighted by Gasteiger charge is 2.34. The summed E-state index contributed by atoms with van der Waals surface area (Å²) in [6.07, 6.45) is 2.87. The quantitative estimate of drug-likeness (QED) is 0.726. The second kappa shape index (κ2) is 6.93. The topological polar surface area (TPSA) is 87.7 Å². The van der Waals surface area contributed by atoms with Crippen molar-refractivity contribution in [3.05, 3.63) is 0 Å². The van der Waals surface area contributed by atoms with Gasteiger partial charge in [0.2, 0.25) is 0 Å². The summed E-state index contributed by atoms with van der Waals surface area (Å²) >= 11 is 0. The molecule has 2 N–H and O–H groups in total. The molecule has 8 heteroatoms. The number of hydrogen-bond acceptors (Lipinski definition) is 5. The number of carbonyl (C=O) groups is 1. The van der Waals surface area contributed by atoms with E-state index in [2.05, 4.69) is 5.32 Å². The first-order valence-electron chi connectivity index (χ1n) is 7.58. The van der Waals surface area contributed by atoms with Crippen LogP contribution < -0.4 is 10.0 Å². The summed E-state index contributed by atoms with van der Waals surface area (Å²) in [5.74, 6) is 0.420. The van der Waals surface area contributed by atoms with Gasteiger partial charge in [0, 0.05) is 19.1 Å². The molecule has 2 fully saturated rings. The van der Waals surface area contributed by atoms with E-state index in [9.17, 15) is 13.2 Å². The SMILES string of the molecule is CC(C)OC(=O)NS(=O)(=O)N(CC1CC1)CC1CCCN1. The molecule has 7 nitrogen and oxygen atoms in total. The van der Waals surface area contributed by atoms with Crippen LogP contribution in [0.1, 0.15) is 39.5 Å². The molecule has 1 aliphatic heterocycles. The lowest BCUT2D eigenvalue weighted by molar-refractivity contribution is 0.121. The number of ether oxygens (including phenoxy) is 1. The molecule has 1 saturated carbocycles. The third kappa shape index (κ3) is 5.44. The van der Waals surface area contributed by atoms with E-state index >= 15 is 0 Å². The van der Waals surface area contributed by atoms with E-state index in [1.807, 2.05) is 4.72 Å². The van der Waals surface area contributed by atoms with Gasteiger partial charge in [-0.2, -0.15) is 12.7 Å². The van der Waals surface area contributed by atoms with Gasteiger partial charge in [0.1, 0.15) is 0 Å². The molecular weight excluding hydrogens is 294 g/mol. The molecule has 0 bridgehead atoms. The highest BCUT2D eigenvalue weighted by Crippen LogP contribution is 2.30. The average molecular weight is 319 g/mol. The maximum Gasteiger partial charge on any atom is 0.422 e. The molecule has 1 atom stereocenters. The van der Waals surface area contributed by atoms with Gasteiger partial charge in [-0.15, -0.1) is 0 Å². The largest absolute Gasteiger partial charge is 0.446 e. The zero-order valence-electron chi connectivity index (χ0n) is 12.7. The van der Waals surface area contributed by atoms with Crippen LogP contribution in [-0.4, -0.2) is 50.6 Å². The maximum absolute atomic E-state index is 12.4. The van der Waals surface area contributed by atoms with Gasteiger partial charge < -0.3 is 10.1 Å². The summed E-state index contributed by atoms with van der Waals surface area (Å²) in [5.41, 5.74) is 0. The maximum atomic E-state index is 12.4. The van der Waals surface area contributed by atoms with Gasteiger partial charge in [-0.25, -0.2) is 9.52 Å². The molecule has 1 unspecified atom stereocenters. The standard InChI is InChI=1S/C13H25N3O4S/c1-10(2)20-13(17)15-21(18,19)16(8-11-5-6-11)9-12-4-3-7-14-12/h10-12,14H,3-9H2,1-2H3,(H,15,17). The molecule has 2 rings (SSSR count). The molecule has 1 saturated heterocycles. The molecule has 2 aliphatic rings. The monoisotopic (exact) mass is 319 g/mol. The lowest BCUT2D eigenvalue weighted by atomic mass is 10.2. The van der Waals surface area contributed by atoms with Crippen molar-refractivity contribution in [1.29, 1.82) is 0 Å². The Labute approximate surface area is 126 Å². The molecule has 1 heterocycles. The number of nitrogens with one attached hydrogen (secondary N) is 2. The summed E-state index contributed by atoms with van der Waals surface area (Å²) in [4.78, 5) is 11.6. The van der Waals surface area contributed by atoms with Crippen LogP contribution in [0.25, 0.3) is 0 Å². The van der Waals surface area contributed by atoms with E-state index in [1.54, 1.807) is 13.8 Å². The Balaban J connectivity index is 1.96. The molecule has 1 aliphatic carbocycles. The van der Waals surface area contributed by atoms with E-state index in [-0.39, 0.29) is 12.1 Å². The Kier molecular flexibility index (Phi) is 5.45. The number of nitrogens with zero attached hydrogens (tertiary/aromatic N) is 1. The van der Waals surface area contributed by atoms with Crippen LogP contribution in [-0.2, 0) is 14.9 Å². The van der Waals surface area contributed by atoms with Gasteiger partial charge in [0.05, 0.1) is 6.10 Å². The molecule has 0 aromatic carbocycles. The summed E-state index contributed by atoms with van der Waals surface area (Å²) in [6.45, 7) is 5.15. The predicted molar refractivity (Wildman–Crippen MR) is 79.0 cm³/mol. The zero-order chi connectivity index (χ0) is 15.5. The molecule has 0 aromatic rings. The molecule has 122 valence electrons. The lowest BCUT2D eigenvalue weighted by Crippen LogP contribution is -2.49. The molecule has 0 radical (unpaired) electrons. The van der Waals surface area contributed by atoms with Crippen LogP contribution >= 0.6 is 0 Å². The van der Waals surface area contributed by atoms with Crippen LogP contribution in [0.15, 0.2) is 0 Å². The number of rotatable bonds is 7. The van der Waals surface area contributed by atoms with Crippen molar-refractivity contribution in [2.75, 3.05) is 19.6 Å². The fraction of sp³-hybridized carbons (Fsp3) is 0.923. The molecule has 0 spiro atoms. The Hall–Kier alpha value is -0.860. The molecular formula is C13H25N3O4S. The Morgan fingerprint density at radius 1 is 1.33 bits per heavy atom. The summed E-state index contributed by atoms with van der Waals surface area (Å²) in [7, 11) is -3.84. The van der Waals surface area contributed by atoms with E-state index < -0.39 is 16.3 Å². The van der Waals surface area contributed by atoms with Crippen LogP contribution in [0.5, 0.6) is 0 Å². The first-order chi connectivity index (χ1) is 9.87. The van der Waals surface area contributed by atoms with Crippen molar-refractivity contribution >= 4 is 16.3 Å². The minimum absolute atomic E-state index is 0.168. The van der Waals surface area contributed by atoms with Gasteiger partial charge in [-0.05, 0) is 52.0 Å². The Bertz CT molecular complexity index is 456. The third-order valence-corrected chi connectivity index (χ3v) is 5.04. The van der Waals surface area contributed by atoms with Gasteiger partial charge in [-0.1, -0.05) is 0 Å². The van der Waals surface area contributed by atoms with Crippen molar-refractivity contribution in [3.8, 4) is 0 Å². The first-order valence-corrected chi connectivity index (χ1v) is 9.02. The van der Waals surface area contributed by atoms with Gasteiger partial charge in [-0.3, -0.25) is 0 Å². The van der Waals surface area contributed by atoms with Crippen molar-refractivity contribution in [1.82, 2.24) is 14.3 Å². The average Bonchev–Trinajstić information content (AvgIpc) is 3.00. The number of carbonyl (C=O) groups excluding carboxylic acids is 1. The van der Waals surface area contributed by atoms with E-state index in [0.717, 1.165) is 32.2 Å².